The van der Waals surface area contributed by atoms with E-state index in [-0.39, 0.29) is 12.4 Å². The zero-order chi connectivity index (χ0) is 18.5. The molecule has 1 atom stereocenters. The van der Waals surface area contributed by atoms with Crippen molar-refractivity contribution in [3.05, 3.63) is 83.9 Å². The van der Waals surface area contributed by atoms with Crippen LogP contribution >= 0.6 is 12.4 Å². The Hall–Kier alpha value is -2.47. The van der Waals surface area contributed by atoms with Gasteiger partial charge in [0.1, 0.15) is 11.5 Å². The van der Waals surface area contributed by atoms with Gasteiger partial charge in [-0.05, 0) is 53.9 Å². The molecule has 3 aromatic rings. The van der Waals surface area contributed by atoms with Crippen molar-refractivity contribution in [3.63, 3.8) is 0 Å². The number of benzene rings is 1. The minimum absolute atomic E-state index is 0. The number of nitrogens with zero attached hydrogens (tertiary/aromatic N) is 3. The average molecular weight is 397 g/mol. The first-order valence-electron chi connectivity index (χ1n) is 9.32. The SMILES string of the molecule is Cc1cc(CN2CCNCC2c2ccncc2)ccc1Oc1cccnc1.Cl. The minimum Gasteiger partial charge on any atom is -0.455 e. The quantitative estimate of drug-likeness (QED) is 0.702. The van der Waals surface area contributed by atoms with Crippen molar-refractivity contribution < 1.29 is 4.74 Å². The summed E-state index contributed by atoms with van der Waals surface area (Å²) in [5.41, 5.74) is 3.74. The molecule has 28 heavy (non-hydrogen) atoms. The fourth-order valence-electron chi connectivity index (χ4n) is 3.54. The molecule has 0 saturated carbocycles. The van der Waals surface area contributed by atoms with Gasteiger partial charge in [-0.15, -0.1) is 12.4 Å². The Bertz CT molecular complexity index is 876. The first kappa shape index (κ1) is 20.3. The zero-order valence-corrected chi connectivity index (χ0v) is 16.7. The predicted molar refractivity (Wildman–Crippen MR) is 113 cm³/mol. The van der Waals surface area contributed by atoms with Gasteiger partial charge in [0.2, 0.25) is 0 Å². The summed E-state index contributed by atoms with van der Waals surface area (Å²) < 4.78 is 5.95. The van der Waals surface area contributed by atoms with Crippen molar-refractivity contribution in [2.45, 2.75) is 19.5 Å². The molecular formula is C22H25ClN4O. The Balaban J connectivity index is 0.00000225. The second-order valence-electron chi connectivity index (χ2n) is 6.86. The zero-order valence-electron chi connectivity index (χ0n) is 15.9. The number of halogens is 1. The van der Waals surface area contributed by atoms with Crippen LogP contribution in [0.25, 0.3) is 0 Å². The maximum Gasteiger partial charge on any atom is 0.145 e. The number of rotatable bonds is 5. The molecule has 4 rings (SSSR count). The Morgan fingerprint density at radius 2 is 1.96 bits per heavy atom. The summed E-state index contributed by atoms with van der Waals surface area (Å²) in [5, 5.41) is 3.51. The van der Waals surface area contributed by atoms with Crippen molar-refractivity contribution in [2.75, 3.05) is 19.6 Å². The van der Waals surface area contributed by atoms with Crippen LogP contribution in [0.4, 0.5) is 0 Å². The molecule has 5 nitrogen and oxygen atoms in total. The molecule has 3 heterocycles. The second-order valence-corrected chi connectivity index (χ2v) is 6.86. The largest absolute Gasteiger partial charge is 0.455 e. The predicted octanol–water partition coefficient (Wildman–Crippen LogP) is 4.15. The molecule has 1 aromatic carbocycles. The molecule has 0 bridgehead atoms. The van der Waals surface area contributed by atoms with Crippen LogP contribution in [0.2, 0.25) is 0 Å². The van der Waals surface area contributed by atoms with E-state index in [4.69, 9.17) is 4.74 Å². The van der Waals surface area contributed by atoms with E-state index >= 15 is 0 Å². The van der Waals surface area contributed by atoms with E-state index in [0.29, 0.717) is 6.04 Å². The molecule has 1 saturated heterocycles. The molecular weight excluding hydrogens is 372 g/mol. The molecule has 1 aliphatic rings. The highest BCUT2D eigenvalue weighted by Gasteiger charge is 2.23. The smallest absolute Gasteiger partial charge is 0.145 e. The number of nitrogens with one attached hydrogen (secondary N) is 1. The first-order valence-corrected chi connectivity index (χ1v) is 9.32. The van der Waals surface area contributed by atoms with E-state index in [1.54, 1.807) is 12.4 Å². The monoisotopic (exact) mass is 396 g/mol. The summed E-state index contributed by atoms with van der Waals surface area (Å²) >= 11 is 0. The molecule has 1 unspecified atom stereocenters. The van der Waals surface area contributed by atoms with E-state index in [1.807, 2.05) is 24.5 Å². The lowest BCUT2D eigenvalue weighted by molar-refractivity contribution is 0.153. The Labute approximate surface area is 172 Å². The Morgan fingerprint density at radius 1 is 1.11 bits per heavy atom. The van der Waals surface area contributed by atoms with Crippen LogP contribution in [-0.4, -0.2) is 34.5 Å². The molecule has 0 amide bonds. The average Bonchev–Trinajstić information content (AvgIpc) is 2.72. The van der Waals surface area contributed by atoms with Crippen LogP contribution in [0.1, 0.15) is 22.7 Å². The fourth-order valence-corrected chi connectivity index (χ4v) is 3.54. The number of pyridine rings is 2. The Kier molecular flexibility index (Phi) is 6.98. The third kappa shape index (κ3) is 4.87. The van der Waals surface area contributed by atoms with Crippen molar-refractivity contribution in [3.8, 4) is 11.5 Å². The van der Waals surface area contributed by atoms with Crippen LogP contribution in [0, 0.1) is 6.92 Å². The standard InChI is InChI=1S/C22H24N4O.ClH/c1-17-13-18(4-5-22(17)27-20-3-2-8-24-14-20)16-26-12-11-25-15-21(26)19-6-9-23-10-7-19;/h2-10,13-14,21,25H,11-12,15-16H2,1H3;1H. The molecule has 1 fully saturated rings. The van der Waals surface area contributed by atoms with Crippen LogP contribution in [0.15, 0.2) is 67.3 Å². The molecule has 0 spiro atoms. The maximum absolute atomic E-state index is 5.95. The van der Waals surface area contributed by atoms with Gasteiger partial charge in [0.05, 0.1) is 6.20 Å². The van der Waals surface area contributed by atoms with E-state index in [2.05, 4.69) is 57.4 Å². The Morgan fingerprint density at radius 3 is 2.71 bits per heavy atom. The number of hydrogen-bond acceptors (Lipinski definition) is 5. The number of aromatic nitrogens is 2. The summed E-state index contributed by atoms with van der Waals surface area (Å²) in [6.45, 7) is 6.02. The van der Waals surface area contributed by atoms with Gasteiger partial charge in [0.25, 0.3) is 0 Å². The lowest BCUT2D eigenvalue weighted by Crippen LogP contribution is -2.45. The summed E-state index contributed by atoms with van der Waals surface area (Å²) in [6, 6.07) is 14.8. The number of hydrogen-bond donors (Lipinski definition) is 1. The highest BCUT2D eigenvalue weighted by molar-refractivity contribution is 5.85. The van der Waals surface area contributed by atoms with Gasteiger partial charge in [-0.3, -0.25) is 14.9 Å². The molecule has 1 aliphatic heterocycles. The van der Waals surface area contributed by atoms with E-state index < -0.39 is 0 Å². The van der Waals surface area contributed by atoms with Crippen LogP contribution in [0.3, 0.4) is 0 Å². The molecule has 146 valence electrons. The van der Waals surface area contributed by atoms with E-state index in [1.165, 1.54) is 11.1 Å². The minimum atomic E-state index is 0. The van der Waals surface area contributed by atoms with Crippen molar-refractivity contribution in [1.29, 1.82) is 0 Å². The molecule has 1 N–H and O–H groups in total. The van der Waals surface area contributed by atoms with E-state index in [0.717, 1.165) is 43.2 Å². The number of piperazine rings is 1. The van der Waals surface area contributed by atoms with Crippen molar-refractivity contribution in [1.82, 2.24) is 20.2 Å². The normalized spacial score (nSPS) is 17.0. The second kappa shape index (κ2) is 9.64. The van der Waals surface area contributed by atoms with Gasteiger partial charge in [-0.2, -0.15) is 0 Å². The van der Waals surface area contributed by atoms with E-state index in [9.17, 15) is 0 Å². The fraction of sp³-hybridized carbons (Fsp3) is 0.273. The van der Waals surface area contributed by atoms with Crippen LogP contribution < -0.4 is 10.1 Å². The summed E-state index contributed by atoms with van der Waals surface area (Å²) in [4.78, 5) is 10.8. The third-order valence-electron chi connectivity index (χ3n) is 4.93. The highest BCUT2D eigenvalue weighted by atomic mass is 35.5. The third-order valence-corrected chi connectivity index (χ3v) is 4.93. The van der Waals surface area contributed by atoms with Gasteiger partial charge >= 0.3 is 0 Å². The number of aryl methyl sites for hydroxylation is 1. The van der Waals surface area contributed by atoms with Gasteiger partial charge < -0.3 is 10.1 Å². The summed E-state index contributed by atoms with van der Waals surface area (Å²) in [5.74, 6) is 1.63. The highest BCUT2D eigenvalue weighted by Crippen LogP contribution is 2.28. The molecule has 0 radical (unpaired) electrons. The lowest BCUT2D eigenvalue weighted by Gasteiger charge is -2.36. The topological polar surface area (TPSA) is 50.3 Å². The first-order chi connectivity index (χ1) is 13.3. The maximum atomic E-state index is 5.95. The summed E-state index contributed by atoms with van der Waals surface area (Å²) in [7, 11) is 0. The molecule has 6 heteroatoms. The number of ether oxygens (including phenoxy) is 1. The van der Waals surface area contributed by atoms with Gasteiger partial charge in [-0.1, -0.05) is 12.1 Å². The van der Waals surface area contributed by atoms with Crippen LogP contribution in [0.5, 0.6) is 11.5 Å². The lowest BCUT2D eigenvalue weighted by atomic mass is 10.0. The van der Waals surface area contributed by atoms with Gasteiger partial charge in [0, 0.05) is 50.8 Å². The van der Waals surface area contributed by atoms with Gasteiger partial charge in [-0.25, -0.2) is 0 Å². The van der Waals surface area contributed by atoms with Gasteiger partial charge in [0.15, 0.2) is 0 Å². The van der Waals surface area contributed by atoms with Crippen LogP contribution in [-0.2, 0) is 6.54 Å². The van der Waals surface area contributed by atoms with Crippen molar-refractivity contribution in [2.24, 2.45) is 0 Å². The summed E-state index contributed by atoms with van der Waals surface area (Å²) in [6.07, 6.45) is 7.22. The molecule has 0 aliphatic carbocycles. The van der Waals surface area contributed by atoms with Crippen molar-refractivity contribution >= 4 is 12.4 Å². The molecule has 2 aromatic heterocycles.